The molecule has 3 aromatic rings. The minimum Gasteiger partial charge on any atom is -0.488 e. The van der Waals surface area contributed by atoms with Crippen molar-refractivity contribution in [3.63, 3.8) is 0 Å². The minimum atomic E-state index is -0.992. The smallest absolute Gasteiger partial charge is 0.343 e. The second-order valence-electron chi connectivity index (χ2n) is 25.7. The van der Waals surface area contributed by atoms with Crippen LogP contribution >= 0.6 is 0 Å². The molecule has 5 atom stereocenters. The fourth-order valence-electron chi connectivity index (χ4n) is 12.4. The molecule has 1 fully saturated rings. The molecule has 14 nitrogen and oxygen atoms in total. The lowest BCUT2D eigenvalue weighted by Gasteiger charge is -2.37. The molecule has 0 saturated heterocycles. The quantitative estimate of drug-likeness (QED) is 0.0212. The van der Waals surface area contributed by atoms with Gasteiger partial charge in [0.15, 0.2) is 11.5 Å². The van der Waals surface area contributed by atoms with Crippen LogP contribution in [-0.2, 0) is 39.8 Å². The molecule has 0 bridgehead atoms. The van der Waals surface area contributed by atoms with E-state index in [4.69, 9.17) is 42.9 Å². The normalized spacial score (nSPS) is 18.8. The van der Waals surface area contributed by atoms with E-state index in [0.29, 0.717) is 65.1 Å². The summed E-state index contributed by atoms with van der Waals surface area (Å²) in [6.07, 6.45) is 26.1. The molecule has 14 heteroatoms. The molecule has 0 N–H and O–H groups in total. The number of aliphatic imine (C=N–C) groups is 1. The van der Waals surface area contributed by atoms with Crippen LogP contribution in [0.25, 0.3) is 0 Å². The second kappa shape index (κ2) is 27.3. The number of rotatable bonds is 29. The van der Waals surface area contributed by atoms with Gasteiger partial charge in [-0.05, 0) is 186 Å². The standard InChI is InChI=1S/C70H87NO13/c1-17-50(41-56-54-27-23-21-25-52(54)53-26-22-24-28-55(53)56)71-42-49-39-46(37-38-77-63(75)47-30-33-51(34-31-47)79-65(5,6)43-68(11,12)82-60(72)18-2)29-35-57(49)78-64(76)48-32-36-58(80-66(7,8)44-69(13,14)83-61(73)19-3)59(40-48)81-67(9,10)45-70(15,16)84-62(74)20-4/h18-36,39-40,42,50,52-56H,2-4,17,37-38,41,43-45H2,1,5-16H3. The van der Waals surface area contributed by atoms with Gasteiger partial charge in [0.2, 0.25) is 0 Å². The van der Waals surface area contributed by atoms with Crippen LogP contribution in [0.1, 0.15) is 154 Å². The molecule has 84 heavy (non-hydrogen) atoms. The zero-order valence-electron chi connectivity index (χ0n) is 51.5. The van der Waals surface area contributed by atoms with E-state index in [-0.39, 0.29) is 42.6 Å². The molecule has 0 aromatic heterocycles. The fraction of sp³-hybridized carbons (Fsp3) is 0.457. The number of esters is 5. The fourth-order valence-corrected chi connectivity index (χ4v) is 12.4. The summed E-state index contributed by atoms with van der Waals surface area (Å²) in [7, 11) is 0. The minimum absolute atomic E-state index is 0.0392. The summed E-state index contributed by atoms with van der Waals surface area (Å²) in [5, 5.41) is 0. The van der Waals surface area contributed by atoms with Gasteiger partial charge in [-0.15, -0.1) is 0 Å². The Labute approximate surface area is 497 Å². The van der Waals surface area contributed by atoms with Crippen molar-refractivity contribution in [2.75, 3.05) is 6.61 Å². The molecule has 0 amide bonds. The predicted octanol–water partition coefficient (Wildman–Crippen LogP) is 14.4. The van der Waals surface area contributed by atoms with E-state index in [9.17, 15) is 24.0 Å². The Kier molecular flexibility index (Phi) is 21.3. The number of benzene rings is 3. The summed E-state index contributed by atoms with van der Waals surface area (Å²) in [4.78, 5) is 69.6. The zero-order chi connectivity index (χ0) is 61.8. The third-order valence-electron chi connectivity index (χ3n) is 14.8. The Balaban J connectivity index is 1.26. The van der Waals surface area contributed by atoms with E-state index in [1.165, 1.54) is 0 Å². The molecule has 450 valence electrons. The molecule has 3 aromatic carbocycles. The Morgan fingerprint density at radius 1 is 0.524 bits per heavy atom. The number of carbonyl (C=O) groups excluding carboxylic acids is 5. The molecule has 1 saturated carbocycles. The van der Waals surface area contributed by atoms with Gasteiger partial charge in [0.1, 0.15) is 45.1 Å². The molecule has 3 aliphatic carbocycles. The Hall–Kier alpha value is -7.74. The van der Waals surface area contributed by atoms with Crippen LogP contribution in [0.2, 0.25) is 0 Å². The second-order valence-corrected chi connectivity index (χ2v) is 25.7. The average molecular weight is 1150 g/mol. The van der Waals surface area contributed by atoms with Crippen LogP contribution in [0.15, 0.2) is 152 Å². The summed E-state index contributed by atoms with van der Waals surface area (Å²) >= 11 is 0. The van der Waals surface area contributed by atoms with Crippen molar-refractivity contribution in [3.8, 4) is 23.0 Å². The van der Waals surface area contributed by atoms with Gasteiger partial charge >= 0.3 is 29.8 Å². The lowest BCUT2D eigenvalue weighted by molar-refractivity contribution is -0.155. The maximum Gasteiger partial charge on any atom is 0.343 e. The van der Waals surface area contributed by atoms with Gasteiger partial charge in [0.25, 0.3) is 0 Å². The van der Waals surface area contributed by atoms with E-state index >= 15 is 0 Å². The number of hydrogen-bond donors (Lipinski definition) is 0. The van der Waals surface area contributed by atoms with Crippen molar-refractivity contribution in [2.24, 2.45) is 34.6 Å². The number of hydrogen-bond acceptors (Lipinski definition) is 14. The first-order valence-corrected chi connectivity index (χ1v) is 29.0. The van der Waals surface area contributed by atoms with E-state index in [1.54, 1.807) is 82.4 Å². The van der Waals surface area contributed by atoms with Crippen molar-refractivity contribution in [2.45, 2.75) is 168 Å². The van der Waals surface area contributed by atoms with Crippen LogP contribution in [0, 0.1) is 29.6 Å². The molecule has 0 radical (unpaired) electrons. The van der Waals surface area contributed by atoms with Gasteiger partial charge in [0, 0.05) is 61.7 Å². The van der Waals surface area contributed by atoms with Crippen LogP contribution in [0.3, 0.4) is 0 Å². The molecule has 5 unspecified atom stereocenters. The predicted molar refractivity (Wildman–Crippen MR) is 328 cm³/mol. The number of allylic oxidation sites excluding steroid dienone is 8. The number of fused-ring (bicyclic) bond motifs is 3. The first-order chi connectivity index (χ1) is 39.3. The van der Waals surface area contributed by atoms with Gasteiger partial charge in [0.05, 0.1) is 17.7 Å². The van der Waals surface area contributed by atoms with Crippen molar-refractivity contribution < 1.29 is 61.9 Å². The number of carbonyl (C=O) groups is 5. The van der Waals surface area contributed by atoms with Crippen LogP contribution in [0.5, 0.6) is 23.0 Å². The van der Waals surface area contributed by atoms with E-state index in [2.05, 4.69) is 75.3 Å². The lowest BCUT2D eigenvalue weighted by atomic mass is 9.80. The molecular weight excluding hydrogens is 1060 g/mol. The van der Waals surface area contributed by atoms with E-state index in [1.807, 2.05) is 67.5 Å². The Morgan fingerprint density at radius 3 is 1.46 bits per heavy atom. The van der Waals surface area contributed by atoms with Gasteiger partial charge in [-0.25, -0.2) is 24.0 Å². The molecule has 3 aliphatic rings. The zero-order valence-corrected chi connectivity index (χ0v) is 51.5. The monoisotopic (exact) mass is 1150 g/mol. The molecular formula is C70H87NO13. The van der Waals surface area contributed by atoms with Gasteiger partial charge < -0.3 is 37.9 Å². The highest BCUT2D eigenvalue weighted by Gasteiger charge is 2.47. The first-order valence-electron chi connectivity index (χ1n) is 29.0. The van der Waals surface area contributed by atoms with Crippen LogP contribution in [0.4, 0.5) is 0 Å². The molecule has 0 heterocycles. The highest BCUT2D eigenvalue weighted by Crippen LogP contribution is 2.53. The number of nitrogens with zero attached hydrogens (tertiary/aromatic N) is 1. The Morgan fingerprint density at radius 2 is 0.976 bits per heavy atom. The van der Waals surface area contributed by atoms with Crippen molar-refractivity contribution in [3.05, 3.63) is 169 Å². The first kappa shape index (κ1) is 65.4. The maximum absolute atomic E-state index is 14.5. The SMILES string of the molecule is C=CC(=O)OC(C)(C)CC(C)(C)Oc1ccc(C(=O)OCCc2ccc(OC(=O)c3ccc(OC(C)(C)CC(C)(C)OC(=O)C=C)c(OC(C)(C)CC(C)(C)OC(=O)C=C)c3)c(C=NC(CC)CC3C4C=CC=CC4C4C=CC=CC43)c2)cc1. The van der Waals surface area contributed by atoms with Gasteiger partial charge in [-0.1, -0.05) is 81.3 Å². The summed E-state index contributed by atoms with van der Waals surface area (Å²) in [6.45, 7) is 34.7. The van der Waals surface area contributed by atoms with Crippen molar-refractivity contribution in [1.82, 2.24) is 0 Å². The molecule has 0 spiro atoms. The van der Waals surface area contributed by atoms with Crippen molar-refractivity contribution >= 4 is 36.1 Å². The van der Waals surface area contributed by atoms with E-state index < -0.39 is 63.5 Å². The summed E-state index contributed by atoms with van der Waals surface area (Å²) < 4.78 is 48.5. The van der Waals surface area contributed by atoms with Crippen LogP contribution in [-0.4, -0.2) is 82.3 Å². The highest BCUT2D eigenvalue weighted by molar-refractivity contribution is 5.94. The van der Waals surface area contributed by atoms with Crippen LogP contribution < -0.4 is 18.9 Å². The van der Waals surface area contributed by atoms with Gasteiger partial charge in [-0.3, -0.25) is 4.99 Å². The maximum atomic E-state index is 14.5. The lowest BCUT2D eigenvalue weighted by Crippen LogP contribution is -2.41. The summed E-state index contributed by atoms with van der Waals surface area (Å²) in [5.74, 6) is 0.468. The third kappa shape index (κ3) is 18.9. The largest absolute Gasteiger partial charge is 0.488 e. The molecule has 6 rings (SSSR count). The Bertz CT molecular complexity index is 3020. The summed E-state index contributed by atoms with van der Waals surface area (Å²) in [5.41, 5.74) is -3.50. The summed E-state index contributed by atoms with van der Waals surface area (Å²) in [6, 6.07) is 16.9. The highest BCUT2D eigenvalue weighted by atomic mass is 16.6. The topological polar surface area (TPSA) is 172 Å². The van der Waals surface area contributed by atoms with E-state index in [0.717, 1.165) is 36.6 Å². The van der Waals surface area contributed by atoms with Crippen molar-refractivity contribution in [1.29, 1.82) is 0 Å². The molecule has 0 aliphatic heterocycles. The third-order valence-corrected chi connectivity index (χ3v) is 14.8. The number of ether oxygens (including phenoxy) is 8. The van der Waals surface area contributed by atoms with Gasteiger partial charge in [-0.2, -0.15) is 0 Å². The average Bonchev–Trinajstić information content (AvgIpc) is 2.42.